The number of aromatic nitrogens is 2. The normalized spacial score (nSPS) is 19.0. The molecule has 1 fully saturated rings. The van der Waals surface area contributed by atoms with E-state index in [9.17, 15) is 9.90 Å². The molecule has 1 saturated heterocycles. The number of hydrogen-bond acceptors (Lipinski definition) is 5. The molecule has 1 amide bonds. The van der Waals surface area contributed by atoms with E-state index >= 15 is 0 Å². The first-order valence-electron chi connectivity index (χ1n) is 6.25. The fourth-order valence-corrected chi connectivity index (χ4v) is 2.18. The van der Waals surface area contributed by atoms with E-state index in [-0.39, 0.29) is 18.6 Å². The number of carbonyl (C=O) groups excluding carboxylic acids is 1. The summed E-state index contributed by atoms with van der Waals surface area (Å²) in [6, 6.07) is 3.57. The molecule has 1 atom stereocenters. The molecule has 0 radical (unpaired) electrons. The van der Waals surface area contributed by atoms with Gasteiger partial charge in [-0.25, -0.2) is 0 Å². The fourth-order valence-electron chi connectivity index (χ4n) is 2.18. The highest BCUT2D eigenvalue weighted by Gasteiger charge is 2.25. The third kappa shape index (κ3) is 2.59. The standard InChI is InChI=1S/C12H18N4O2/c1-2-13-12(18)10-5-6-11(15-14-10)16-7-3-4-9(16)8-17/h5-6,9,17H,2-4,7-8H2,1H3,(H,13,18). The van der Waals surface area contributed by atoms with Crippen molar-refractivity contribution in [3.63, 3.8) is 0 Å². The molecule has 2 N–H and O–H groups in total. The number of aliphatic hydroxyl groups is 1. The van der Waals surface area contributed by atoms with Crippen LogP contribution in [0.25, 0.3) is 0 Å². The summed E-state index contributed by atoms with van der Waals surface area (Å²) in [4.78, 5) is 13.6. The van der Waals surface area contributed by atoms with Crippen molar-refractivity contribution in [3.05, 3.63) is 17.8 Å². The number of carbonyl (C=O) groups is 1. The Balaban J connectivity index is 2.10. The topological polar surface area (TPSA) is 78.4 Å². The number of nitrogens with one attached hydrogen (secondary N) is 1. The number of nitrogens with zero attached hydrogens (tertiary/aromatic N) is 3. The van der Waals surface area contributed by atoms with E-state index in [4.69, 9.17) is 0 Å². The zero-order valence-electron chi connectivity index (χ0n) is 10.5. The number of rotatable bonds is 4. The van der Waals surface area contributed by atoms with Crippen molar-refractivity contribution in [3.8, 4) is 0 Å². The molecule has 98 valence electrons. The van der Waals surface area contributed by atoms with Gasteiger partial charge in [0.2, 0.25) is 0 Å². The van der Waals surface area contributed by atoms with Crippen LogP contribution >= 0.6 is 0 Å². The predicted octanol–water partition coefficient (Wildman–Crippen LogP) is 0.187. The lowest BCUT2D eigenvalue weighted by Gasteiger charge is -2.23. The third-order valence-corrected chi connectivity index (χ3v) is 3.10. The Hall–Kier alpha value is -1.69. The molecule has 1 aliphatic rings. The third-order valence-electron chi connectivity index (χ3n) is 3.10. The van der Waals surface area contributed by atoms with E-state index in [1.807, 2.05) is 11.8 Å². The van der Waals surface area contributed by atoms with Crippen molar-refractivity contribution >= 4 is 11.7 Å². The average molecular weight is 250 g/mol. The summed E-state index contributed by atoms with van der Waals surface area (Å²) in [7, 11) is 0. The minimum absolute atomic E-state index is 0.120. The highest BCUT2D eigenvalue weighted by Crippen LogP contribution is 2.22. The maximum Gasteiger partial charge on any atom is 0.271 e. The van der Waals surface area contributed by atoms with Crippen molar-refractivity contribution in [2.45, 2.75) is 25.8 Å². The smallest absolute Gasteiger partial charge is 0.271 e. The molecular weight excluding hydrogens is 232 g/mol. The first-order chi connectivity index (χ1) is 8.76. The van der Waals surface area contributed by atoms with Gasteiger partial charge in [-0.15, -0.1) is 10.2 Å². The minimum Gasteiger partial charge on any atom is -0.394 e. The molecule has 18 heavy (non-hydrogen) atoms. The Morgan fingerprint density at radius 1 is 1.56 bits per heavy atom. The van der Waals surface area contributed by atoms with Crippen LogP contribution in [0.5, 0.6) is 0 Å². The van der Waals surface area contributed by atoms with E-state index in [1.54, 1.807) is 12.1 Å². The zero-order valence-corrected chi connectivity index (χ0v) is 10.5. The van der Waals surface area contributed by atoms with Crippen molar-refractivity contribution in [1.82, 2.24) is 15.5 Å². The molecule has 0 aromatic carbocycles. The van der Waals surface area contributed by atoms with E-state index in [1.165, 1.54) is 0 Å². The summed E-state index contributed by atoms with van der Waals surface area (Å²) in [5, 5.41) is 19.9. The Labute approximate surface area is 106 Å². The van der Waals surface area contributed by atoms with Gasteiger partial charge in [-0.2, -0.15) is 0 Å². The molecule has 2 heterocycles. The van der Waals surface area contributed by atoms with Gasteiger partial charge in [0.25, 0.3) is 5.91 Å². The van der Waals surface area contributed by atoms with Gasteiger partial charge in [0, 0.05) is 13.1 Å². The number of amides is 1. The monoisotopic (exact) mass is 250 g/mol. The van der Waals surface area contributed by atoms with Gasteiger partial charge < -0.3 is 15.3 Å². The van der Waals surface area contributed by atoms with E-state index in [0.29, 0.717) is 12.2 Å². The van der Waals surface area contributed by atoms with Gasteiger partial charge in [0.05, 0.1) is 12.6 Å². The van der Waals surface area contributed by atoms with Crippen LogP contribution in [0.1, 0.15) is 30.3 Å². The van der Waals surface area contributed by atoms with Crippen LogP contribution in [0, 0.1) is 0 Å². The molecule has 0 bridgehead atoms. The number of anilines is 1. The summed E-state index contributed by atoms with van der Waals surface area (Å²) in [6.07, 6.45) is 2.02. The summed E-state index contributed by atoms with van der Waals surface area (Å²) in [5.41, 5.74) is 0.320. The van der Waals surface area contributed by atoms with Crippen molar-refractivity contribution in [1.29, 1.82) is 0 Å². The van der Waals surface area contributed by atoms with Crippen LogP contribution < -0.4 is 10.2 Å². The fraction of sp³-hybridized carbons (Fsp3) is 0.583. The lowest BCUT2D eigenvalue weighted by atomic mass is 10.2. The SMILES string of the molecule is CCNC(=O)c1ccc(N2CCCC2CO)nn1. The predicted molar refractivity (Wildman–Crippen MR) is 67.5 cm³/mol. The lowest BCUT2D eigenvalue weighted by Crippen LogP contribution is -2.33. The second kappa shape index (κ2) is 5.77. The average Bonchev–Trinajstić information content (AvgIpc) is 2.87. The van der Waals surface area contributed by atoms with Crippen LogP contribution in [0.2, 0.25) is 0 Å². The maximum atomic E-state index is 11.5. The van der Waals surface area contributed by atoms with Gasteiger partial charge in [-0.3, -0.25) is 4.79 Å². The molecule has 1 aromatic heterocycles. The second-order valence-corrected chi connectivity index (χ2v) is 4.31. The van der Waals surface area contributed by atoms with Crippen LogP contribution in [-0.4, -0.2) is 46.9 Å². The summed E-state index contributed by atoms with van der Waals surface area (Å²) in [6.45, 7) is 3.43. The second-order valence-electron chi connectivity index (χ2n) is 4.31. The summed E-state index contributed by atoms with van der Waals surface area (Å²) >= 11 is 0. The maximum absolute atomic E-state index is 11.5. The van der Waals surface area contributed by atoms with Gasteiger partial charge >= 0.3 is 0 Å². The largest absolute Gasteiger partial charge is 0.394 e. The highest BCUT2D eigenvalue weighted by atomic mass is 16.3. The van der Waals surface area contributed by atoms with E-state index < -0.39 is 0 Å². The Kier molecular flexibility index (Phi) is 4.09. The molecule has 0 spiro atoms. The number of hydrogen-bond donors (Lipinski definition) is 2. The first-order valence-corrected chi connectivity index (χ1v) is 6.25. The highest BCUT2D eigenvalue weighted by molar-refractivity contribution is 5.92. The minimum atomic E-state index is -0.211. The van der Waals surface area contributed by atoms with Crippen LogP contribution in [0.4, 0.5) is 5.82 Å². The molecular formula is C12H18N4O2. The van der Waals surface area contributed by atoms with Crippen molar-refractivity contribution < 1.29 is 9.90 Å². The van der Waals surface area contributed by atoms with Gasteiger partial charge in [0.1, 0.15) is 0 Å². The Bertz CT molecular complexity index is 407. The number of aliphatic hydroxyl groups excluding tert-OH is 1. The quantitative estimate of drug-likeness (QED) is 0.797. The van der Waals surface area contributed by atoms with Crippen LogP contribution in [0.3, 0.4) is 0 Å². The van der Waals surface area contributed by atoms with Gasteiger partial charge in [0.15, 0.2) is 11.5 Å². The molecule has 6 heteroatoms. The van der Waals surface area contributed by atoms with Gasteiger partial charge in [-0.05, 0) is 31.9 Å². The Morgan fingerprint density at radius 3 is 3.00 bits per heavy atom. The molecule has 1 aliphatic heterocycles. The molecule has 2 rings (SSSR count). The summed E-state index contributed by atoms with van der Waals surface area (Å²) < 4.78 is 0. The lowest BCUT2D eigenvalue weighted by molar-refractivity contribution is 0.0950. The van der Waals surface area contributed by atoms with E-state index in [2.05, 4.69) is 15.5 Å². The van der Waals surface area contributed by atoms with Crippen molar-refractivity contribution in [2.75, 3.05) is 24.6 Å². The molecule has 6 nitrogen and oxygen atoms in total. The zero-order chi connectivity index (χ0) is 13.0. The Morgan fingerprint density at radius 2 is 2.39 bits per heavy atom. The molecule has 1 unspecified atom stereocenters. The molecule has 1 aromatic rings. The van der Waals surface area contributed by atoms with Crippen molar-refractivity contribution in [2.24, 2.45) is 0 Å². The molecule has 0 saturated carbocycles. The van der Waals surface area contributed by atoms with E-state index in [0.717, 1.165) is 25.2 Å². The van der Waals surface area contributed by atoms with Crippen LogP contribution in [-0.2, 0) is 0 Å². The van der Waals surface area contributed by atoms with Gasteiger partial charge in [-0.1, -0.05) is 0 Å². The van der Waals surface area contributed by atoms with Crippen LogP contribution in [0.15, 0.2) is 12.1 Å². The summed E-state index contributed by atoms with van der Waals surface area (Å²) in [5.74, 6) is 0.510. The first kappa shape index (κ1) is 12.8. The molecule has 0 aliphatic carbocycles.